The van der Waals surface area contributed by atoms with Crippen molar-refractivity contribution in [3.8, 4) is 0 Å². The average Bonchev–Trinajstić information content (AvgIpc) is 2.49. The van der Waals surface area contributed by atoms with E-state index in [1.807, 2.05) is 24.3 Å². The summed E-state index contributed by atoms with van der Waals surface area (Å²) in [4.78, 5) is 0. The number of hydrogen-bond acceptors (Lipinski definition) is 0. The quantitative estimate of drug-likeness (QED) is 0.631. The molecule has 0 unspecified atom stereocenters. The number of hydrogen-bond donors (Lipinski definition) is 0. The predicted octanol–water partition coefficient (Wildman–Crippen LogP) is 1.49. The maximum Gasteiger partial charge on any atom is 0.212 e. The van der Waals surface area contributed by atoms with Gasteiger partial charge in [-0.3, -0.25) is 0 Å². The van der Waals surface area contributed by atoms with E-state index in [-0.39, 0.29) is 12.4 Å². The number of aromatic nitrogens is 1. The zero-order chi connectivity index (χ0) is 13.9. The first-order valence-electron chi connectivity index (χ1n) is 6.55. The Balaban J connectivity index is 0.00000161. The topological polar surface area (TPSA) is 3.88 Å². The van der Waals surface area contributed by atoms with Gasteiger partial charge in [-0.25, -0.2) is 4.57 Å². The third-order valence-corrected chi connectivity index (χ3v) is 3.65. The molecule has 3 rings (SSSR count). The van der Waals surface area contributed by atoms with Crippen molar-refractivity contribution >= 4 is 34.7 Å². The van der Waals surface area contributed by atoms with Gasteiger partial charge in [-0.2, -0.15) is 0 Å². The maximum atomic E-state index is 5.90. The average molecular weight is 316 g/mol. The first-order chi connectivity index (χ1) is 9.74. The summed E-state index contributed by atoms with van der Waals surface area (Å²) < 4.78 is 2.13. The first-order valence-corrected chi connectivity index (χ1v) is 6.93. The molecule has 0 N–H and O–H groups in total. The Kier molecular flexibility index (Phi) is 5.00. The fraction of sp³-hybridized carbons (Fsp3) is 0.0556. The molecule has 1 heterocycles. The molecular formula is C18H15Cl2N. The van der Waals surface area contributed by atoms with E-state index < -0.39 is 0 Å². The van der Waals surface area contributed by atoms with Crippen LogP contribution in [0.1, 0.15) is 11.1 Å². The third-order valence-electron chi connectivity index (χ3n) is 3.40. The van der Waals surface area contributed by atoms with Gasteiger partial charge in [0, 0.05) is 17.2 Å². The molecule has 0 aliphatic rings. The Bertz CT molecular complexity index is 777. The van der Waals surface area contributed by atoms with Crippen LogP contribution in [0.3, 0.4) is 0 Å². The summed E-state index contributed by atoms with van der Waals surface area (Å²) in [7, 11) is 2.06. The molecule has 0 bridgehead atoms. The van der Waals surface area contributed by atoms with E-state index >= 15 is 0 Å². The van der Waals surface area contributed by atoms with Crippen LogP contribution in [-0.2, 0) is 7.05 Å². The molecule has 0 fully saturated rings. The van der Waals surface area contributed by atoms with Gasteiger partial charge in [0.2, 0.25) is 5.52 Å². The van der Waals surface area contributed by atoms with E-state index in [0.717, 1.165) is 10.6 Å². The second-order valence-electron chi connectivity index (χ2n) is 4.78. The Morgan fingerprint density at radius 1 is 0.905 bits per heavy atom. The Morgan fingerprint density at radius 3 is 2.38 bits per heavy atom. The highest BCUT2D eigenvalue weighted by Gasteiger charge is 2.06. The lowest BCUT2D eigenvalue weighted by atomic mass is 10.1. The van der Waals surface area contributed by atoms with E-state index in [0.29, 0.717) is 0 Å². The fourth-order valence-corrected chi connectivity index (χ4v) is 2.42. The molecule has 3 heteroatoms. The van der Waals surface area contributed by atoms with E-state index in [9.17, 15) is 0 Å². The van der Waals surface area contributed by atoms with Crippen LogP contribution in [0, 0.1) is 0 Å². The van der Waals surface area contributed by atoms with Crippen LogP contribution in [0.2, 0.25) is 5.02 Å². The van der Waals surface area contributed by atoms with Gasteiger partial charge in [0.1, 0.15) is 7.05 Å². The zero-order valence-corrected chi connectivity index (χ0v) is 13.1. The van der Waals surface area contributed by atoms with Gasteiger partial charge in [-0.15, -0.1) is 0 Å². The zero-order valence-electron chi connectivity index (χ0n) is 11.6. The van der Waals surface area contributed by atoms with Crippen LogP contribution in [0.25, 0.3) is 23.1 Å². The highest BCUT2D eigenvalue weighted by atomic mass is 35.5. The van der Waals surface area contributed by atoms with Crippen LogP contribution >= 0.6 is 11.6 Å². The molecule has 0 atom stereocenters. The molecule has 1 nitrogen and oxygen atoms in total. The number of halogens is 2. The molecule has 0 amide bonds. The molecule has 2 aromatic carbocycles. The number of pyridine rings is 1. The van der Waals surface area contributed by atoms with Gasteiger partial charge in [-0.05, 0) is 29.3 Å². The lowest BCUT2D eigenvalue weighted by molar-refractivity contribution is -0.644. The van der Waals surface area contributed by atoms with Gasteiger partial charge in [0.15, 0.2) is 6.20 Å². The second-order valence-corrected chi connectivity index (χ2v) is 5.22. The van der Waals surface area contributed by atoms with E-state index in [1.54, 1.807) is 0 Å². The SMILES string of the molecule is C[n+]1ccc(/C=C/c2ccc(Cl)cc2)c2ccccc21.[Cl-]. The first kappa shape index (κ1) is 15.6. The molecule has 1 aromatic heterocycles. The second kappa shape index (κ2) is 6.75. The number of fused-ring (bicyclic) bond motifs is 1. The summed E-state index contributed by atoms with van der Waals surface area (Å²) in [5.74, 6) is 0. The fourth-order valence-electron chi connectivity index (χ4n) is 2.29. The Morgan fingerprint density at radius 2 is 1.62 bits per heavy atom. The summed E-state index contributed by atoms with van der Waals surface area (Å²) in [5.41, 5.74) is 3.59. The largest absolute Gasteiger partial charge is 1.00 e. The molecule has 0 saturated heterocycles. The third kappa shape index (κ3) is 3.44. The summed E-state index contributed by atoms with van der Waals surface area (Å²) >= 11 is 5.90. The number of aryl methyl sites for hydroxylation is 1. The lowest BCUT2D eigenvalue weighted by Crippen LogP contribution is -3.00. The summed E-state index contributed by atoms with van der Waals surface area (Å²) in [6.45, 7) is 0. The normalized spacial score (nSPS) is 10.8. The minimum absolute atomic E-state index is 0. The summed E-state index contributed by atoms with van der Waals surface area (Å²) in [6.07, 6.45) is 6.34. The van der Waals surface area contributed by atoms with Crippen LogP contribution in [0.5, 0.6) is 0 Å². The molecule has 21 heavy (non-hydrogen) atoms. The van der Waals surface area contributed by atoms with Crippen molar-refractivity contribution in [1.82, 2.24) is 0 Å². The van der Waals surface area contributed by atoms with Crippen LogP contribution in [0.4, 0.5) is 0 Å². The lowest BCUT2D eigenvalue weighted by Gasteiger charge is -2.00. The van der Waals surface area contributed by atoms with Crippen molar-refractivity contribution < 1.29 is 17.0 Å². The molecule has 0 saturated carbocycles. The smallest absolute Gasteiger partial charge is 0.212 e. The molecular weight excluding hydrogens is 301 g/mol. The van der Waals surface area contributed by atoms with E-state index in [4.69, 9.17) is 11.6 Å². The molecule has 0 spiro atoms. The number of para-hydroxylation sites is 1. The van der Waals surface area contributed by atoms with Gasteiger partial charge in [0.25, 0.3) is 0 Å². The summed E-state index contributed by atoms with van der Waals surface area (Å²) in [5, 5.41) is 2.02. The molecule has 3 aromatic rings. The highest BCUT2D eigenvalue weighted by Crippen LogP contribution is 2.18. The number of benzene rings is 2. The minimum atomic E-state index is 0. The van der Waals surface area contributed by atoms with E-state index in [1.165, 1.54) is 16.5 Å². The van der Waals surface area contributed by atoms with Crippen molar-refractivity contribution in [2.75, 3.05) is 0 Å². The minimum Gasteiger partial charge on any atom is -1.00 e. The summed E-state index contributed by atoms with van der Waals surface area (Å²) in [6, 6.07) is 18.4. The van der Waals surface area contributed by atoms with Crippen molar-refractivity contribution in [3.63, 3.8) is 0 Å². The van der Waals surface area contributed by atoms with E-state index in [2.05, 4.69) is 60.3 Å². The van der Waals surface area contributed by atoms with Crippen LogP contribution < -0.4 is 17.0 Å². The Labute approximate surface area is 135 Å². The van der Waals surface area contributed by atoms with Crippen molar-refractivity contribution in [2.24, 2.45) is 7.05 Å². The van der Waals surface area contributed by atoms with Crippen molar-refractivity contribution in [1.29, 1.82) is 0 Å². The van der Waals surface area contributed by atoms with Crippen LogP contribution in [-0.4, -0.2) is 0 Å². The van der Waals surface area contributed by atoms with Crippen molar-refractivity contribution in [2.45, 2.75) is 0 Å². The molecule has 106 valence electrons. The van der Waals surface area contributed by atoms with Crippen molar-refractivity contribution in [3.05, 3.63) is 76.9 Å². The van der Waals surface area contributed by atoms with Gasteiger partial charge in [0.05, 0.1) is 5.39 Å². The monoisotopic (exact) mass is 315 g/mol. The highest BCUT2D eigenvalue weighted by molar-refractivity contribution is 6.30. The molecule has 0 aliphatic heterocycles. The number of rotatable bonds is 2. The predicted molar refractivity (Wildman–Crippen MR) is 85.5 cm³/mol. The van der Waals surface area contributed by atoms with Gasteiger partial charge < -0.3 is 12.4 Å². The standard InChI is InChI=1S/C18H15ClN.ClH/c1-20-13-12-15(17-4-2-3-5-18(17)20)9-6-14-7-10-16(19)11-8-14;/h2-13H,1H3;1H/q+1;/p-1/b9-6+;. The Hall–Kier alpha value is -1.83. The van der Waals surface area contributed by atoms with Crippen LogP contribution in [0.15, 0.2) is 60.8 Å². The molecule has 0 aliphatic carbocycles. The van der Waals surface area contributed by atoms with Gasteiger partial charge in [-0.1, -0.05) is 48.0 Å². The maximum absolute atomic E-state index is 5.90. The molecule has 0 radical (unpaired) electrons. The van der Waals surface area contributed by atoms with Gasteiger partial charge >= 0.3 is 0 Å². The number of nitrogens with zero attached hydrogens (tertiary/aromatic N) is 1.